The van der Waals surface area contributed by atoms with Crippen LogP contribution in [-0.4, -0.2) is 42.0 Å². The summed E-state index contributed by atoms with van der Waals surface area (Å²) in [7, 11) is 0. The van der Waals surface area contributed by atoms with Gasteiger partial charge in [0, 0.05) is 0 Å². The molecule has 0 aromatic rings. The number of ether oxygens (including phenoxy) is 2. The van der Waals surface area contributed by atoms with Crippen LogP contribution in [0.3, 0.4) is 0 Å². The minimum Gasteiger partial charge on any atom is -0.394 e. The second-order valence-electron chi connectivity index (χ2n) is 7.97. The lowest BCUT2D eigenvalue weighted by molar-refractivity contribution is -0.265. The van der Waals surface area contributed by atoms with E-state index in [4.69, 9.17) is 9.47 Å². The highest BCUT2D eigenvalue weighted by molar-refractivity contribution is 5.56. The molecule has 4 heteroatoms. The third kappa shape index (κ3) is 5.68. The van der Waals surface area contributed by atoms with Crippen LogP contribution in [0.1, 0.15) is 61.3 Å². The van der Waals surface area contributed by atoms with Gasteiger partial charge in [-0.3, -0.25) is 4.99 Å². The van der Waals surface area contributed by atoms with Gasteiger partial charge >= 0.3 is 0 Å². The van der Waals surface area contributed by atoms with Crippen molar-refractivity contribution in [3.05, 3.63) is 0 Å². The van der Waals surface area contributed by atoms with Crippen molar-refractivity contribution >= 4 is 6.21 Å². The summed E-state index contributed by atoms with van der Waals surface area (Å²) in [5.74, 6) is 0.265. The lowest BCUT2D eigenvalue weighted by Gasteiger charge is -2.46. The van der Waals surface area contributed by atoms with Crippen molar-refractivity contribution in [1.82, 2.24) is 0 Å². The topological polar surface area (TPSA) is 51.1 Å². The number of aliphatic imine (C=N–C) groups is 1. The second-order valence-corrected chi connectivity index (χ2v) is 7.97. The lowest BCUT2D eigenvalue weighted by Crippen LogP contribution is -2.51. The summed E-state index contributed by atoms with van der Waals surface area (Å²) in [6, 6.07) is -0.00352. The maximum absolute atomic E-state index is 9.68. The fourth-order valence-electron chi connectivity index (χ4n) is 2.79. The largest absolute Gasteiger partial charge is 0.394 e. The lowest BCUT2D eigenvalue weighted by atomic mass is 9.72. The van der Waals surface area contributed by atoms with E-state index in [1.54, 1.807) is 0 Å². The van der Waals surface area contributed by atoms with Crippen LogP contribution in [0.5, 0.6) is 0 Å². The quantitative estimate of drug-likeness (QED) is 0.809. The van der Waals surface area contributed by atoms with E-state index in [1.165, 1.54) is 0 Å². The predicted octanol–water partition coefficient (Wildman–Crippen LogP) is 3.42. The van der Waals surface area contributed by atoms with Crippen molar-refractivity contribution in [3.63, 3.8) is 0 Å². The minimum absolute atomic E-state index is 0.00352. The van der Waals surface area contributed by atoms with E-state index >= 15 is 0 Å². The van der Waals surface area contributed by atoms with Gasteiger partial charge < -0.3 is 14.6 Å². The zero-order valence-electron chi connectivity index (χ0n) is 14.7. The Bertz CT molecular complexity index is 341. The molecule has 0 aliphatic carbocycles. The van der Waals surface area contributed by atoms with Crippen molar-refractivity contribution in [2.75, 3.05) is 6.61 Å². The minimum atomic E-state index is -0.386. The Hall–Kier alpha value is -0.450. The summed E-state index contributed by atoms with van der Waals surface area (Å²) in [6.45, 7) is 14.7. The van der Waals surface area contributed by atoms with Crippen molar-refractivity contribution in [3.8, 4) is 0 Å². The first-order chi connectivity index (χ1) is 9.58. The molecule has 4 atom stereocenters. The van der Waals surface area contributed by atoms with Crippen LogP contribution < -0.4 is 0 Å². The van der Waals surface area contributed by atoms with E-state index in [0.717, 1.165) is 12.8 Å². The first-order valence-electron chi connectivity index (χ1n) is 8.04. The summed E-state index contributed by atoms with van der Waals surface area (Å²) in [6.07, 6.45) is 3.15. The van der Waals surface area contributed by atoms with Crippen LogP contribution in [0.2, 0.25) is 0 Å². The molecule has 1 aliphatic rings. The average Bonchev–Trinajstić information content (AvgIpc) is 2.33. The molecule has 0 aromatic heterocycles. The van der Waals surface area contributed by atoms with Gasteiger partial charge in [-0.05, 0) is 51.2 Å². The van der Waals surface area contributed by atoms with E-state index < -0.39 is 0 Å². The van der Waals surface area contributed by atoms with E-state index in [1.807, 2.05) is 27.0 Å². The van der Waals surface area contributed by atoms with Crippen molar-refractivity contribution in [1.29, 1.82) is 0 Å². The summed E-state index contributed by atoms with van der Waals surface area (Å²) in [4.78, 5) is 4.64. The molecule has 4 nitrogen and oxygen atoms in total. The smallest absolute Gasteiger partial charge is 0.180 e. The van der Waals surface area contributed by atoms with Crippen molar-refractivity contribution < 1.29 is 14.6 Å². The summed E-state index contributed by atoms with van der Waals surface area (Å²) < 4.78 is 12.1. The van der Waals surface area contributed by atoms with Gasteiger partial charge in [-0.2, -0.15) is 0 Å². The molecule has 0 amide bonds. The van der Waals surface area contributed by atoms with Gasteiger partial charge in [0.25, 0.3) is 0 Å². The predicted molar refractivity (Wildman–Crippen MR) is 86.7 cm³/mol. The van der Waals surface area contributed by atoms with Gasteiger partial charge in [0.1, 0.15) is 6.04 Å². The van der Waals surface area contributed by atoms with Gasteiger partial charge in [0.2, 0.25) is 0 Å². The Kier molecular flexibility index (Phi) is 6.38. The van der Waals surface area contributed by atoms with Crippen LogP contribution >= 0.6 is 0 Å². The molecule has 1 saturated heterocycles. The van der Waals surface area contributed by atoms with Crippen LogP contribution in [0, 0.1) is 11.3 Å². The molecule has 1 rings (SSSR count). The summed E-state index contributed by atoms with van der Waals surface area (Å²) in [5.41, 5.74) is -0.223. The van der Waals surface area contributed by atoms with E-state index in [0.29, 0.717) is 0 Å². The molecule has 1 aliphatic heterocycles. The van der Waals surface area contributed by atoms with Crippen LogP contribution in [0.15, 0.2) is 4.99 Å². The molecule has 0 spiro atoms. The normalized spacial score (nSPS) is 31.8. The first-order valence-corrected chi connectivity index (χ1v) is 8.04. The zero-order chi connectivity index (χ0) is 16.3. The molecule has 0 bridgehead atoms. The van der Waals surface area contributed by atoms with Gasteiger partial charge in [-0.25, -0.2) is 0 Å². The molecule has 124 valence electrons. The Morgan fingerprint density at radius 3 is 2.29 bits per heavy atom. The maximum Gasteiger partial charge on any atom is 0.180 e. The maximum atomic E-state index is 9.68. The highest BCUT2D eigenvalue weighted by atomic mass is 16.7. The van der Waals surface area contributed by atoms with E-state index in [2.05, 4.69) is 32.7 Å². The zero-order valence-corrected chi connectivity index (χ0v) is 14.7. The van der Waals surface area contributed by atoms with E-state index in [9.17, 15) is 5.11 Å². The Morgan fingerprint density at radius 2 is 1.86 bits per heavy atom. The highest BCUT2D eigenvalue weighted by Gasteiger charge is 2.44. The monoisotopic (exact) mass is 299 g/mol. The Labute approximate surface area is 129 Å². The number of aliphatic hydroxyl groups excluding tert-OH is 1. The number of nitrogens with zero attached hydrogens (tertiary/aromatic N) is 1. The van der Waals surface area contributed by atoms with Crippen LogP contribution in [-0.2, 0) is 9.47 Å². The molecule has 0 saturated carbocycles. The van der Waals surface area contributed by atoms with Gasteiger partial charge in [0.05, 0.1) is 18.3 Å². The average molecular weight is 299 g/mol. The third-order valence-electron chi connectivity index (χ3n) is 3.81. The Morgan fingerprint density at radius 1 is 1.24 bits per heavy atom. The molecule has 1 fully saturated rings. The molecular weight excluding hydrogens is 266 g/mol. The van der Waals surface area contributed by atoms with Crippen molar-refractivity contribution in [2.24, 2.45) is 16.3 Å². The first kappa shape index (κ1) is 18.6. The van der Waals surface area contributed by atoms with E-state index in [-0.39, 0.29) is 42.0 Å². The molecule has 1 N–H and O–H groups in total. The molecule has 0 aromatic carbocycles. The van der Waals surface area contributed by atoms with Crippen LogP contribution in [0.4, 0.5) is 0 Å². The number of hydrogen-bond acceptors (Lipinski definition) is 4. The number of rotatable bonds is 4. The van der Waals surface area contributed by atoms with Crippen LogP contribution in [0.25, 0.3) is 0 Å². The number of hydrogen-bond donors (Lipinski definition) is 1. The SMILES string of the molecule is CC/C=N/C1CC(C(C)(C)C)C(CO)OC1OC(C)(C)C. The fraction of sp³-hybridized carbons (Fsp3) is 0.941. The second kappa shape index (κ2) is 7.21. The van der Waals surface area contributed by atoms with Gasteiger partial charge in [0.15, 0.2) is 6.29 Å². The van der Waals surface area contributed by atoms with Gasteiger partial charge in [-0.15, -0.1) is 0 Å². The highest BCUT2D eigenvalue weighted by Crippen LogP contribution is 2.40. The fourth-order valence-corrected chi connectivity index (χ4v) is 2.79. The third-order valence-corrected chi connectivity index (χ3v) is 3.81. The molecule has 21 heavy (non-hydrogen) atoms. The molecule has 0 radical (unpaired) electrons. The standard InChI is InChI=1S/C17H33NO3/c1-8-9-18-13-10-12(16(2,3)4)14(11-19)20-15(13)21-17(5,6)7/h9,12-15,19H,8,10-11H2,1-7H3/b18-9+. The number of aliphatic hydroxyl groups is 1. The Balaban J connectivity index is 2.95. The summed E-state index contributed by atoms with van der Waals surface area (Å²) >= 11 is 0. The van der Waals surface area contributed by atoms with Crippen molar-refractivity contribution in [2.45, 2.75) is 85.3 Å². The molecule has 1 heterocycles. The summed E-state index contributed by atoms with van der Waals surface area (Å²) in [5, 5.41) is 9.68. The van der Waals surface area contributed by atoms with Gasteiger partial charge in [-0.1, -0.05) is 27.7 Å². The molecular formula is C17H33NO3. The molecule has 4 unspecified atom stereocenters.